The van der Waals surface area contributed by atoms with Crippen molar-refractivity contribution in [3.63, 3.8) is 0 Å². The van der Waals surface area contributed by atoms with Crippen LogP contribution < -0.4 is 9.46 Å². The van der Waals surface area contributed by atoms with Gasteiger partial charge >= 0.3 is 0 Å². The summed E-state index contributed by atoms with van der Waals surface area (Å²) in [5.41, 5.74) is 1.83. The molecular weight excluding hydrogens is 494 g/mol. The van der Waals surface area contributed by atoms with Crippen LogP contribution in [0, 0.1) is 5.92 Å². The van der Waals surface area contributed by atoms with Gasteiger partial charge in [-0.1, -0.05) is 57.6 Å². The first-order valence-electron chi connectivity index (χ1n) is 14.7. The van der Waals surface area contributed by atoms with Gasteiger partial charge in [-0.05, 0) is 99.7 Å². The molecule has 1 saturated carbocycles. The number of sulfonamides is 1. The molecule has 0 atom stereocenters. The van der Waals surface area contributed by atoms with Gasteiger partial charge in [0.1, 0.15) is 11.5 Å². The molecule has 0 aromatic heterocycles. The van der Waals surface area contributed by atoms with Gasteiger partial charge in [-0.3, -0.25) is 9.62 Å². The predicted octanol–water partition coefficient (Wildman–Crippen LogP) is 6.89. The van der Waals surface area contributed by atoms with Crippen LogP contribution in [0.3, 0.4) is 0 Å². The summed E-state index contributed by atoms with van der Waals surface area (Å²) in [6.45, 7) is 8.20. The van der Waals surface area contributed by atoms with Crippen molar-refractivity contribution in [3.05, 3.63) is 54.1 Å². The Morgan fingerprint density at radius 3 is 2.13 bits per heavy atom. The Morgan fingerprint density at radius 1 is 0.895 bits per heavy atom. The van der Waals surface area contributed by atoms with Crippen molar-refractivity contribution in [1.82, 2.24) is 9.80 Å². The van der Waals surface area contributed by atoms with E-state index in [1.807, 2.05) is 12.1 Å². The second-order valence-electron chi connectivity index (χ2n) is 11.3. The highest BCUT2D eigenvalue weighted by molar-refractivity contribution is 7.92. The van der Waals surface area contributed by atoms with E-state index in [0.29, 0.717) is 11.4 Å². The van der Waals surface area contributed by atoms with Crippen molar-refractivity contribution in [3.8, 4) is 11.5 Å². The molecule has 4 rings (SSSR count). The molecule has 2 aliphatic rings. The third-order valence-electron chi connectivity index (χ3n) is 8.14. The van der Waals surface area contributed by atoms with Crippen LogP contribution in [0.4, 0.5) is 5.69 Å². The minimum Gasteiger partial charge on any atom is -0.457 e. The third-order valence-corrected chi connectivity index (χ3v) is 8.75. The van der Waals surface area contributed by atoms with Crippen LogP contribution in [0.2, 0.25) is 0 Å². The maximum absolute atomic E-state index is 11.4. The first-order valence-corrected chi connectivity index (χ1v) is 16.6. The zero-order chi connectivity index (χ0) is 26.8. The molecule has 1 heterocycles. The summed E-state index contributed by atoms with van der Waals surface area (Å²) in [6.07, 6.45) is 15.0. The van der Waals surface area contributed by atoms with Crippen LogP contribution in [0.15, 0.2) is 48.5 Å². The molecule has 210 valence electrons. The normalized spacial score (nSPS) is 18.1. The van der Waals surface area contributed by atoms with Crippen molar-refractivity contribution >= 4 is 15.7 Å². The first-order chi connectivity index (χ1) is 18.4. The van der Waals surface area contributed by atoms with E-state index < -0.39 is 10.0 Å². The van der Waals surface area contributed by atoms with Crippen LogP contribution in [0.1, 0.15) is 76.7 Å². The van der Waals surface area contributed by atoms with Gasteiger partial charge in [0.15, 0.2) is 0 Å². The Hall–Kier alpha value is -2.09. The molecule has 0 radical (unpaired) electrons. The number of rotatable bonds is 13. The van der Waals surface area contributed by atoms with Gasteiger partial charge in [-0.25, -0.2) is 8.42 Å². The van der Waals surface area contributed by atoms with Crippen LogP contribution in [-0.2, 0) is 16.6 Å². The van der Waals surface area contributed by atoms with Gasteiger partial charge in [0, 0.05) is 18.3 Å². The molecule has 0 unspecified atom stereocenters. The molecular formula is C31H47N3O3S. The minimum absolute atomic E-state index is 0.525. The van der Waals surface area contributed by atoms with Crippen molar-refractivity contribution < 1.29 is 13.2 Å². The van der Waals surface area contributed by atoms with Gasteiger partial charge < -0.3 is 9.64 Å². The summed E-state index contributed by atoms with van der Waals surface area (Å²) < 4.78 is 31.2. The topological polar surface area (TPSA) is 61.9 Å². The van der Waals surface area contributed by atoms with Crippen molar-refractivity contribution in [2.24, 2.45) is 5.92 Å². The number of nitrogens with zero attached hydrogens (tertiary/aromatic N) is 2. The fourth-order valence-electron chi connectivity index (χ4n) is 5.97. The highest BCUT2D eigenvalue weighted by atomic mass is 32.2. The van der Waals surface area contributed by atoms with Gasteiger partial charge in [0.2, 0.25) is 10.0 Å². The summed E-state index contributed by atoms with van der Waals surface area (Å²) >= 11 is 0. The van der Waals surface area contributed by atoms with Crippen LogP contribution in [-0.4, -0.2) is 56.7 Å². The summed E-state index contributed by atoms with van der Waals surface area (Å²) in [6, 6.07) is 16.0. The van der Waals surface area contributed by atoms with Gasteiger partial charge in [-0.15, -0.1) is 0 Å². The molecule has 1 saturated heterocycles. The van der Waals surface area contributed by atoms with E-state index in [2.05, 4.69) is 33.6 Å². The van der Waals surface area contributed by atoms with E-state index in [1.54, 1.807) is 24.3 Å². The smallest absolute Gasteiger partial charge is 0.229 e. The fraction of sp³-hybridized carbons (Fsp3) is 0.613. The number of benzene rings is 2. The van der Waals surface area contributed by atoms with Crippen LogP contribution in [0.5, 0.6) is 11.5 Å². The molecule has 1 aliphatic carbocycles. The zero-order valence-corrected chi connectivity index (χ0v) is 24.2. The Morgan fingerprint density at radius 2 is 1.53 bits per heavy atom. The van der Waals surface area contributed by atoms with E-state index in [1.165, 1.54) is 96.0 Å². The van der Waals surface area contributed by atoms with E-state index in [4.69, 9.17) is 4.74 Å². The lowest BCUT2D eigenvalue weighted by Gasteiger charge is -2.39. The lowest BCUT2D eigenvalue weighted by atomic mass is 9.86. The minimum atomic E-state index is -3.28. The number of hydrogen-bond donors (Lipinski definition) is 1. The molecule has 38 heavy (non-hydrogen) atoms. The maximum Gasteiger partial charge on any atom is 0.229 e. The summed E-state index contributed by atoms with van der Waals surface area (Å²) in [7, 11) is -3.28. The van der Waals surface area contributed by atoms with E-state index in [9.17, 15) is 8.42 Å². The lowest BCUT2D eigenvalue weighted by Crippen LogP contribution is -2.45. The molecule has 0 bridgehead atoms. The Kier molecular flexibility index (Phi) is 10.9. The molecule has 1 N–H and O–H groups in total. The fourth-order valence-corrected chi connectivity index (χ4v) is 6.53. The van der Waals surface area contributed by atoms with Crippen LogP contribution >= 0.6 is 0 Å². The zero-order valence-electron chi connectivity index (χ0n) is 23.4. The van der Waals surface area contributed by atoms with Gasteiger partial charge in [-0.2, -0.15) is 0 Å². The number of likely N-dealkylation sites (tertiary alicyclic amines) is 1. The second-order valence-corrected chi connectivity index (χ2v) is 13.1. The standard InChI is InChI=1S/C31H47N3O3S/c1-3-4-21-34(24-18-26-8-6-5-7-9-26)29-19-22-33(23-20-29)25-27-10-14-30(15-11-27)37-31-16-12-28(13-17-31)32-38(2,35)36/h10-17,26,29,32H,3-9,18-25H2,1-2H3. The highest BCUT2D eigenvalue weighted by Crippen LogP contribution is 2.28. The van der Waals surface area contributed by atoms with Crippen molar-refractivity contribution in [2.75, 3.05) is 37.2 Å². The molecule has 7 heteroatoms. The van der Waals surface area contributed by atoms with Crippen LogP contribution in [0.25, 0.3) is 0 Å². The third kappa shape index (κ3) is 9.58. The molecule has 6 nitrogen and oxygen atoms in total. The molecule has 2 fully saturated rings. The SMILES string of the molecule is CCCCN(CCC1CCCCC1)C1CCN(Cc2ccc(Oc3ccc(NS(C)(=O)=O)cc3)cc2)CC1. The predicted molar refractivity (Wildman–Crippen MR) is 157 cm³/mol. The van der Waals surface area contributed by atoms with E-state index in [0.717, 1.165) is 30.5 Å². The van der Waals surface area contributed by atoms with Gasteiger partial charge in [0.25, 0.3) is 0 Å². The Bertz CT molecular complexity index is 1060. The number of anilines is 1. The molecule has 2 aromatic rings. The summed E-state index contributed by atoms with van der Waals surface area (Å²) in [4.78, 5) is 5.43. The average molecular weight is 542 g/mol. The van der Waals surface area contributed by atoms with E-state index in [-0.39, 0.29) is 0 Å². The molecule has 1 aliphatic heterocycles. The number of ether oxygens (including phenoxy) is 1. The number of hydrogen-bond acceptors (Lipinski definition) is 5. The molecule has 0 amide bonds. The second kappa shape index (κ2) is 14.3. The van der Waals surface area contributed by atoms with Crippen molar-refractivity contribution in [1.29, 1.82) is 0 Å². The number of nitrogens with one attached hydrogen (secondary N) is 1. The maximum atomic E-state index is 11.4. The number of unbranched alkanes of at least 4 members (excludes halogenated alkanes) is 1. The van der Waals surface area contributed by atoms with Gasteiger partial charge in [0.05, 0.1) is 6.26 Å². The van der Waals surface area contributed by atoms with E-state index >= 15 is 0 Å². The number of piperidine rings is 1. The Labute approximate surface area is 230 Å². The van der Waals surface area contributed by atoms with Crippen molar-refractivity contribution in [2.45, 2.75) is 83.7 Å². The molecule has 2 aromatic carbocycles. The quantitative estimate of drug-likeness (QED) is 0.299. The summed E-state index contributed by atoms with van der Waals surface area (Å²) in [5.74, 6) is 2.42. The Balaban J connectivity index is 1.22. The molecule has 0 spiro atoms. The summed E-state index contributed by atoms with van der Waals surface area (Å²) in [5, 5.41) is 0. The largest absolute Gasteiger partial charge is 0.457 e. The highest BCUT2D eigenvalue weighted by Gasteiger charge is 2.25. The lowest BCUT2D eigenvalue weighted by molar-refractivity contribution is 0.0959. The monoisotopic (exact) mass is 541 g/mol. The first kappa shape index (κ1) is 28.9. The average Bonchev–Trinajstić information content (AvgIpc) is 2.91.